The third-order valence-corrected chi connectivity index (χ3v) is 20.9. The van der Waals surface area contributed by atoms with Crippen molar-refractivity contribution in [3.05, 3.63) is 103 Å². The number of allylic oxidation sites excluding steroid dienone is 2. The van der Waals surface area contributed by atoms with E-state index in [1.54, 1.807) is 10.7 Å². The first-order chi connectivity index (χ1) is 12.8. The maximum atomic E-state index is 2.56. The van der Waals surface area contributed by atoms with Crippen LogP contribution in [0.1, 0.15) is 19.8 Å². The Hall–Kier alpha value is -1.80. The summed E-state index contributed by atoms with van der Waals surface area (Å²) in [5.41, 5.74) is 0. The Labute approximate surface area is 161 Å². The Kier molecular flexibility index (Phi) is 5.30. The van der Waals surface area contributed by atoms with E-state index < -0.39 is 18.4 Å². The van der Waals surface area contributed by atoms with Crippen LogP contribution in [0.2, 0.25) is 3.93 Å². The summed E-state index contributed by atoms with van der Waals surface area (Å²) in [4.78, 5) is 0. The molecule has 0 bridgehead atoms. The average molecular weight is 445 g/mol. The monoisotopic (exact) mass is 446 g/mol. The van der Waals surface area contributed by atoms with E-state index >= 15 is 0 Å². The second kappa shape index (κ2) is 7.83. The van der Waals surface area contributed by atoms with Crippen LogP contribution >= 0.6 is 0 Å². The average Bonchev–Trinajstić information content (AvgIpc) is 2.71. The van der Waals surface area contributed by atoms with Gasteiger partial charge in [0.25, 0.3) is 0 Å². The molecule has 0 amide bonds. The summed E-state index contributed by atoms with van der Waals surface area (Å²) in [6.07, 6.45) is 7.52. The first kappa shape index (κ1) is 17.6. The Bertz CT molecular complexity index is 756. The first-order valence-corrected chi connectivity index (χ1v) is 15.6. The summed E-state index contributed by atoms with van der Waals surface area (Å²) in [6, 6.07) is 34.1. The summed E-state index contributed by atoms with van der Waals surface area (Å²) in [5.74, 6) is 0.761. The Morgan fingerprint density at radius 1 is 0.654 bits per heavy atom. The summed E-state index contributed by atoms with van der Waals surface area (Å²) in [7, 11) is 0. The second-order valence-electron chi connectivity index (χ2n) is 7.52. The van der Waals surface area contributed by atoms with Crippen LogP contribution < -0.4 is 10.7 Å². The molecule has 26 heavy (non-hydrogen) atoms. The van der Waals surface area contributed by atoms with Crippen LogP contribution in [0.15, 0.2) is 103 Å². The minimum absolute atomic E-state index is 0.653. The topological polar surface area (TPSA) is 0 Å². The van der Waals surface area contributed by atoms with E-state index in [0.29, 0.717) is 3.93 Å². The fourth-order valence-electron chi connectivity index (χ4n) is 4.65. The predicted octanol–water partition coefficient (Wildman–Crippen LogP) is 4.51. The molecule has 0 heterocycles. The van der Waals surface area contributed by atoms with Crippen LogP contribution in [-0.2, 0) is 0 Å². The molecule has 3 aromatic carbocycles. The van der Waals surface area contributed by atoms with E-state index in [2.05, 4.69) is 110 Å². The van der Waals surface area contributed by atoms with Crippen LogP contribution in [-0.4, -0.2) is 18.4 Å². The molecule has 0 unspecified atom stereocenters. The molecule has 3 aromatic rings. The molecule has 0 aliphatic heterocycles. The van der Waals surface area contributed by atoms with Crippen LogP contribution in [0.5, 0.6) is 0 Å². The first-order valence-electron chi connectivity index (χ1n) is 9.65. The van der Waals surface area contributed by atoms with Crippen molar-refractivity contribution in [3.63, 3.8) is 0 Å². The van der Waals surface area contributed by atoms with E-state index in [0.717, 1.165) is 5.92 Å². The van der Waals surface area contributed by atoms with Crippen LogP contribution in [0.3, 0.4) is 0 Å². The fraction of sp³-hybridized carbons (Fsp3) is 0.200. The summed E-state index contributed by atoms with van der Waals surface area (Å²) >= 11 is -3.17. The third-order valence-electron chi connectivity index (χ3n) is 5.81. The molecule has 1 heteroatoms. The van der Waals surface area contributed by atoms with Gasteiger partial charge in [-0.25, -0.2) is 0 Å². The molecule has 1 aliphatic rings. The maximum absolute atomic E-state index is 3.17. The zero-order chi connectivity index (χ0) is 17.8. The van der Waals surface area contributed by atoms with Gasteiger partial charge in [0, 0.05) is 0 Å². The van der Waals surface area contributed by atoms with Crippen molar-refractivity contribution in [3.8, 4) is 0 Å². The van der Waals surface area contributed by atoms with Gasteiger partial charge in [0.1, 0.15) is 0 Å². The Balaban J connectivity index is 2.04. The quantitative estimate of drug-likeness (QED) is 0.410. The summed E-state index contributed by atoms with van der Waals surface area (Å²) in [6.45, 7) is 2.41. The van der Waals surface area contributed by atoms with Gasteiger partial charge >= 0.3 is 162 Å². The van der Waals surface area contributed by atoms with Crippen molar-refractivity contribution >= 4 is 29.1 Å². The van der Waals surface area contributed by atoms with Gasteiger partial charge in [0.15, 0.2) is 0 Å². The molecule has 0 saturated heterocycles. The molecule has 0 saturated carbocycles. The van der Waals surface area contributed by atoms with E-state index in [1.807, 2.05) is 0 Å². The molecular weight excluding hydrogens is 419 g/mol. The molecule has 0 N–H and O–H groups in total. The molecule has 1 aliphatic carbocycles. The number of rotatable bonds is 4. The zero-order valence-corrected chi connectivity index (χ0v) is 18.2. The third kappa shape index (κ3) is 3.16. The van der Waals surface area contributed by atoms with E-state index in [-0.39, 0.29) is 0 Å². The van der Waals surface area contributed by atoms with E-state index in [4.69, 9.17) is 0 Å². The van der Waals surface area contributed by atoms with Gasteiger partial charge in [-0.2, -0.15) is 0 Å². The van der Waals surface area contributed by atoms with Crippen molar-refractivity contribution in [2.45, 2.75) is 23.7 Å². The summed E-state index contributed by atoms with van der Waals surface area (Å²) in [5, 5.41) is 0. The molecule has 0 fully saturated rings. The molecule has 130 valence electrons. The molecule has 4 rings (SSSR count). The van der Waals surface area contributed by atoms with Crippen molar-refractivity contribution < 1.29 is 0 Å². The van der Waals surface area contributed by atoms with Gasteiger partial charge in [0.05, 0.1) is 0 Å². The fourth-order valence-corrected chi connectivity index (χ4v) is 20.7. The van der Waals surface area contributed by atoms with Crippen molar-refractivity contribution in [1.29, 1.82) is 0 Å². The number of benzene rings is 3. The number of hydrogen-bond donors (Lipinski definition) is 0. The van der Waals surface area contributed by atoms with Gasteiger partial charge in [-0.1, -0.05) is 0 Å². The number of hydrogen-bond acceptors (Lipinski definition) is 0. The minimum atomic E-state index is -3.17. The van der Waals surface area contributed by atoms with Crippen molar-refractivity contribution in [2.75, 3.05) is 0 Å². The summed E-state index contributed by atoms with van der Waals surface area (Å²) < 4.78 is 5.41. The zero-order valence-electron chi connectivity index (χ0n) is 15.4. The molecular formula is C25H26Sn. The molecule has 0 spiro atoms. The Morgan fingerprint density at radius 2 is 1.08 bits per heavy atom. The van der Waals surface area contributed by atoms with Gasteiger partial charge in [0.2, 0.25) is 0 Å². The van der Waals surface area contributed by atoms with Gasteiger partial charge in [-0.15, -0.1) is 0 Å². The molecule has 2 atom stereocenters. The van der Waals surface area contributed by atoms with Crippen LogP contribution in [0.25, 0.3) is 0 Å². The van der Waals surface area contributed by atoms with Crippen LogP contribution in [0.4, 0.5) is 0 Å². The second-order valence-corrected chi connectivity index (χ2v) is 19.2. The predicted molar refractivity (Wildman–Crippen MR) is 115 cm³/mol. The molecule has 0 radical (unpaired) electrons. The molecule has 0 nitrogen and oxygen atoms in total. The van der Waals surface area contributed by atoms with E-state index in [9.17, 15) is 0 Å². The Morgan fingerprint density at radius 3 is 1.46 bits per heavy atom. The van der Waals surface area contributed by atoms with Gasteiger partial charge in [-0.3, -0.25) is 0 Å². The van der Waals surface area contributed by atoms with E-state index in [1.165, 1.54) is 12.8 Å². The SMILES string of the molecule is C[C@@H]1CC=C[C@H]([Sn]([c]2ccccc2)([c]2ccccc2)[c]2ccccc2)C1. The van der Waals surface area contributed by atoms with Gasteiger partial charge in [-0.05, 0) is 0 Å². The van der Waals surface area contributed by atoms with Crippen LogP contribution in [0, 0.1) is 5.92 Å². The normalized spacial score (nSPS) is 20.0. The van der Waals surface area contributed by atoms with Crippen molar-refractivity contribution in [2.24, 2.45) is 5.92 Å². The van der Waals surface area contributed by atoms with Crippen molar-refractivity contribution in [1.82, 2.24) is 0 Å². The standard InChI is InChI=1S/C7H11.3C6H5.Sn/c1-7-5-3-2-4-6-7;3*1-2-4-6-5-3-1;/h2-4,7H,5-6H2,1H3;3*1-5H;. The molecule has 0 aromatic heterocycles. The van der Waals surface area contributed by atoms with Gasteiger partial charge < -0.3 is 0 Å².